The Hall–Kier alpha value is -5.37. The first kappa shape index (κ1) is 42.4. The van der Waals surface area contributed by atoms with Gasteiger partial charge in [-0.2, -0.15) is 10.2 Å². The molecule has 55 heavy (non-hydrogen) atoms. The van der Waals surface area contributed by atoms with Gasteiger partial charge in [0, 0.05) is 27.4 Å². The van der Waals surface area contributed by atoms with Crippen LogP contribution in [-0.4, -0.2) is 46.6 Å². The van der Waals surface area contributed by atoms with E-state index in [2.05, 4.69) is 30.7 Å². The summed E-state index contributed by atoms with van der Waals surface area (Å²) < 4.78 is 47.9. The third-order valence-electron chi connectivity index (χ3n) is 7.15. The number of primary sulfonamides is 2. The van der Waals surface area contributed by atoms with Gasteiger partial charge in [0.2, 0.25) is 20.0 Å². The fourth-order valence-electron chi connectivity index (χ4n) is 4.52. The summed E-state index contributed by atoms with van der Waals surface area (Å²) >= 11 is 11.9. The molecule has 0 saturated carbocycles. The first-order valence-corrected chi connectivity index (χ1v) is 18.8. The number of benzene rings is 4. The second kappa shape index (κ2) is 17.0. The number of nitrogens with two attached hydrogens (primary N) is 2. The smallest absolute Gasteiger partial charge is 0.238 e. The fraction of sp³-hybridized carbons (Fsp3) is 0.0625. The van der Waals surface area contributed by atoms with Gasteiger partial charge in [-0.3, -0.25) is 0 Å². The van der Waals surface area contributed by atoms with Gasteiger partial charge in [0.1, 0.15) is 34.0 Å². The molecule has 286 valence electrons. The predicted molar refractivity (Wildman–Crippen MR) is 198 cm³/mol. The Balaban J connectivity index is 0.000000240. The SMILES string of the molecule is Cc1nn(-c2cccc(Cl)c2)c(=O)[c-]1N=Nc1cc(S(N)(=O)=O)ccc1O.Cc1nn(-c2cccc(Cl)c2)c(=O)[c-]1N=Nc1cc(S(N)(=O)=O)ccc1O.[Cr]. The number of sulfonamides is 2. The van der Waals surface area contributed by atoms with Crippen molar-refractivity contribution in [1.29, 1.82) is 0 Å². The first-order chi connectivity index (χ1) is 25.3. The molecule has 0 fully saturated rings. The van der Waals surface area contributed by atoms with Crippen molar-refractivity contribution >= 4 is 66.0 Å². The zero-order valence-corrected chi connectivity index (χ0v) is 32.6. The molecule has 0 radical (unpaired) electrons. The summed E-state index contributed by atoms with van der Waals surface area (Å²) in [6.45, 7) is 3.13. The minimum Gasteiger partial charge on any atom is -0.506 e. The number of rotatable bonds is 8. The summed E-state index contributed by atoms with van der Waals surface area (Å²) in [7, 11) is -7.96. The van der Waals surface area contributed by atoms with Gasteiger partial charge >= 0.3 is 0 Å². The Morgan fingerprint density at radius 3 is 1.33 bits per heavy atom. The Labute approximate surface area is 332 Å². The molecular formula is C32H26Cl2CrN10O8S2-2. The van der Waals surface area contributed by atoms with E-state index in [9.17, 15) is 36.6 Å². The number of nitrogens with zero attached hydrogens (tertiary/aromatic N) is 8. The molecule has 0 aliphatic heterocycles. The van der Waals surface area contributed by atoms with E-state index in [4.69, 9.17) is 33.5 Å². The molecule has 0 saturated heterocycles. The van der Waals surface area contributed by atoms with Crippen LogP contribution in [0.5, 0.6) is 11.5 Å². The molecular weight excluding hydrogens is 839 g/mol. The second-order valence-electron chi connectivity index (χ2n) is 11.1. The fourth-order valence-corrected chi connectivity index (χ4v) is 5.96. The van der Waals surface area contributed by atoms with E-state index in [1.807, 2.05) is 0 Å². The van der Waals surface area contributed by atoms with E-state index in [0.717, 1.165) is 45.8 Å². The number of halogens is 2. The normalized spacial score (nSPS) is 11.7. The van der Waals surface area contributed by atoms with Gasteiger partial charge in [0.25, 0.3) is 0 Å². The number of hydrogen-bond donors (Lipinski definition) is 4. The van der Waals surface area contributed by atoms with Crippen molar-refractivity contribution in [2.75, 3.05) is 0 Å². The molecule has 4 aromatic carbocycles. The molecule has 0 aliphatic carbocycles. The molecule has 0 unspecified atom stereocenters. The van der Waals surface area contributed by atoms with Crippen molar-refractivity contribution < 1.29 is 44.4 Å². The number of hydrogen-bond acceptors (Lipinski definition) is 14. The van der Waals surface area contributed by atoms with Crippen LogP contribution in [-0.2, 0) is 37.4 Å². The van der Waals surface area contributed by atoms with Crippen LogP contribution in [0.4, 0.5) is 22.7 Å². The Bertz CT molecular complexity index is 2630. The van der Waals surface area contributed by atoms with Gasteiger partial charge in [-0.1, -0.05) is 60.6 Å². The molecule has 0 amide bonds. The number of azo groups is 2. The van der Waals surface area contributed by atoms with Crippen LogP contribution in [0.2, 0.25) is 10.0 Å². The number of aromatic nitrogens is 4. The van der Waals surface area contributed by atoms with Crippen LogP contribution in [0.25, 0.3) is 11.4 Å². The van der Waals surface area contributed by atoms with Crippen molar-refractivity contribution in [3.63, 3.8) is 0 Å². The van der Waals surface area contributed by atoms with Gasteiger partial charge < -0.3 is 30.0 Å². The average Bonchev–Trinajstić information content (AvgIpc) is 3.55. The van der Waals surface area contributed by atoms with E-state index < -0.39 is 31.2 Å². The maximum absolute atomic E-state index is 12.6. The molecule has 6 aromatic rings. The molecule has 0 aliphatic rings. The number of aromatic hydroxyl groups is 2. The summed E-state index contributed by atoms with van der Waals surface area (Å²) in [6.07, 6.45) is 0. The molecule has 0 bridgehead atoms. The molecule has 0 spiro atoms. The van der Waals surface area contributed by atoms with E-state index in [1.54, 1.807) is 62.4 Å². The average molecular weight is 866 g/mol. The Kier molecular flexibility index (Phi) is 13.1. The summed E-state index contributed by atoms with van der Waals surface area (Å²) in [5, 5.41) is 54.1. The van der Waals surface area contributed by atoms with Crippen LogP contribution < -0.4 is 21.4 Å². The van der Waals surface area contributed by atoms with Crippen LogP contribution >= 0.6 is 23.2 Å². The standard InChI is InChI=1S/2C16H13ClN5O4S.Cr/c2*1-9-15(16(24)22(21-9)11-4-2-3-10(17)7-11)20-19-13-8-12(27(18,25)26)5-6-14(13)23;/h2*2-8,23H,1H3,(H2,18,25,26);/q2*-1;. The zero-order chi connectivity index (χ0) is 39.5. The maximum atomic E-state index is 12.6. The third kappa shape index (κ3) is 10.0. The largest absolute Gasteiger partial charge is 0.506 e. The van der Waals surface area contributed by atoms with Crippen molar-refractivity contribution in [2.45, 2.75) is 23.6 Å². The molecule has 0 atom stereocenters. The van der Waals surface area contributed by atoms with E-state index in [1.165, 1.54) is 0 Å². The molecule has 6 N–H and O–H groups in total. The summed E-state index contributed by atoms with van der Waals surface area (Å²) in [6, 6.07) is 19.7. The Morgan fingerprint density at radius 1 is 0.636 bits per heavy atom. The number of aryl methyl sites for hydroxylation is 2. The third-order valence-corrected chi connectivity index (χ3v) is 9.44. The van der Waals surface area contributed by atoms with Crippen LogP contribution in [0.15, 0.2) is 125 Å². The minimum atomic E-state index is -3.98. The minimum absolute atomic E-state index is 0. The molecule has 2 aromatic heterocycles. The van der Waals surface area contributed by atoms with Gasteiger partial charge in [0.15, 0.2) is 0 Å². The van der Waals surface area contributed by atoms with E-state index >= 15 is 0 Å². The van der Waals surface area contributed by atoms with Gasteiger partial charge in [-0.15, -0.1) is 11.4 Å². The summed E-state index contributed by atoms with van der Waals surface area (Å²) in [5.41, 5.74) is -0.0116. The van der Waals surface area contributed by atoms with Crippen LogP contribution in [0, 0.1) is 13.8 Å². The summed E-state index contributed by atoms with van der Waals surface area (Å²) in [5.74, 6) is -0.642. The molecule has 2 heterocycles. The summed E-state index contributed by atoms with van der Waals surface area (Å²) in [4.78, 5) is 24.6. The van der Waals surface area contributed by atoms with E-state index in [-0.39, 0.29) is 61.4 Å². The number of phenolic OH excluding ortho intramolecular Hbond substituents is 2. The molecule has 18 nitrogen and oxygen atoms in total. The van der Waals surface area contributed by atoms with Crippen LogP contribution in [0.3, 0.4) is 0 Å². The predicted octanol–water partition coefficient (Wildman–Crippen LogP) is 5.36. The van der Waals surface area contributed by atoms with Crippen LogP contribution in [0.1, 0.15) is 11.4 Å². The van der Waals surface area contributed by atoms with E-state index in [0.29, 0.717) is 32.8 Å². The van der Waals surface area contributed by atoms with Gasteiger partial charge in [0.05, 0.1) is 21.2 Å². The first-order valence-electron chi connectivity index (χ1n) is 14.9. The van der Waals surface area contributed by atoms with Crippen molar-refractivity contribution in [3.8, 4) is 22.9 Å². The van der Waals surface area contributed by atoms with Crippen molar-refractivity contribution in [1.82, 2.24) is 19.6 Å². The van der Waals surface area contributed by atoms with Gasteiger partial charge in [-0.25, -0.2) is 46.7 Å². The maximum Gasteiger partial charge on any atom is 0.238 e. The zero-order valence-electron chi connectivity index (χ0n) is 28.1. The second-order valence-corrected chi connectivity index (χ2v) is 15.0. The molecule has 6 rings (SSSR count). The number of phenols is 2. The monoisotopic (exact) mass is 864 g/mol. The van der Waals surface area contributed by atoms with Gasteiger partial charge in [-0.05, 0) is 72.8 Å². The molecule has 23 heteroatoms. The van der Waals surface area contributed by atoms with Crippen molar-refractivity contribution in [2.24, 2.45) is 30.7 Å². The quantitative estimate of drug-likeness (QED) is 0.112. The van der Waals surface area contributed by atoms with Crippen molar-refractivity contribution in [3.05, 3.63) is 127 Å². The Morgan fingerprint density at radius 2 is 1.00 bits per heavy atom. The topological polar surface area (TPSA) is 280 Å².